The maximum absolute atomic E-state index is 12.5. The van der Waals surface area contributed by atoms with Crippen molar-refractivity contribution in [3.05, 3.63) is 84.0 Å². The summed E-state index contributed by atoms with van der Waals surface area (Å²) in [7, 11) is 0. The van der Waals surface area contributed by atoms with Crippen LogP contribution >= 0.6 is 0 Å². The highest BCUT2D eigenvalue weighted by Gasteiger charge is 2.15. The molecule has 0 bridgehead atoms. The van der Waals surface area contributed by atoms with Crippen molar-refractivity contribution >= 4 is 34.2 Å². The molecule has 6 heteroatoms. The lowest BCUT2D eigenvalue weighted by Gasteiger charge is -2.10. The monoisotopic (exact) mass is 360 g/mol. The van der Waals surface area contributed by atoms with E-state index in [1.165, 1.54) is 6.26 Å². The molecule has 2 aromatic heterocycles. The Kier molecular flexibility index (Phi) is 4.22. The van der Waals surface area contributed by atoms with E-state index in [0.717, 1.165) is 10.9 Å². The van der Waals surface area contributed by atoms with E-state index in [1.54, 1.807) is 30.3 Å². The van der Waals surface area contributed by atoms with Crippen molar-refractivity contribution < 1.29 is 18.4 Å². The molecule has 0 aliphatic rings. The van der Waals surface area contributed by atoms with Crippen LogP contribution in [0.25, 0.3) is 11.0 Å². The quantitative estimate of drug-likeness (QED) is 0.545. The van der Waals surface area contributed by atoms with Gasteiger partial charge < -0.3 is 19.5 Å². The summed E-state index contributed by atoms with van der Waals surface area (Å²) in [5, 5.41) is 6.43. The Morgan fingerprint density at radius 2 is 1.67 bits per heavy atom. The van der Waals surface area contributed by atoms with E-state index in [0.29, 0.717) is 17.0 Å². The van der Waals surface area contributed by atoms with Crippen molar-refractivity contribution in [2.75, 3.05) is 10.6 Å². The van der Waals surface area contributed by atoms with Gasteiger partial charge in [0, 0.05) is 16.8 Å². The number of hydrogen-bond donors (Lipinski definition) is 2. The Balaban J connectivity index is 1.54. The summed E-state index contributed by atoms with van der Waals surface area (Å²) in [5.74, 6) is -0.286. The fraction of sp³-hybridized carbons (Fsp3) is 0.0476. The van der Waals surface area contributed by atoms with Gasteiger partial charge in [0.15, 0.2) is 11.5 Å². The number of para-hydroxylation sites is 1. The number of anilines is 2. The first-order valence-corrected chi connectivity index (χ1v) is 8.35. The van der Waals surface area contributed by atoms with Gasteiger partial charge in [0.25, 0.3) is 11.8 Å². The van der Waals surface area contributed by atoms with E-state index in [1.807, 2.05) is 37.3 Å². The van der Waals surface area contributed by atoms with Crippen LogP contribution in [0.15, 0.2) is 75.8 Å². The van der Waals surface area contributed by atoms with Crippen molar-refractivity contribution in [2.45, 2.75) is 6.92 Å². The van der Waals surface area contributed by atoms with Crippen LogP contribution in [0, 0.1) is 6.92 Å². The topological polar surface area (TPSA) is 84.5 Å². The lowest BCUT2D eigenvalue weighted by atomic mass is 10.1. The Morgan fingerprint density at radius 3 is 2.44 bits per heavy atom. The Bertz CT molecular complexity index is 1090. The Labute approximate surface area is 154 Å². The van der Waals surface area contributed by atoms with E-state index in [2.05, 4.69) is 10.6 Å². The number of fused-ring (bicyclic) bond motifs is 1. The number of carbonyl (C=O) groups excluding carboxylic acids is 2. The molecule has 27 heavy (non-hydrogen) atoms. The van der Waals surface area contributed by atoms with Crippen LogP contribution in [-0.4, -0.2) is 11.8 Å². The smallest absolute Gasteiger partial charge is 0.291 e. The molecule has 0 spiro atoms. The van der Waals surface area contributed by atoms with Gasteiger partial charge >= 0.3 is 0 Å². The highest BCUT2D eigenvalue weighted by Crippen LogP contribution is 2.24. The first kappa shape index (κ1) is 16.7. The van der Waals surface area contributed by atoms with Crippen LogP contribution in [0.3, 0.4) is 0 Å². The molecule has 0 saturated carbocycles. The standard InChI is InChI=1S/C21H16N2O4/c1-13-8-9-15(22-20(24)18-7-4-10-26-18)12-16(13)23-21(25)19-11-14-5-2-3-6-17(14)27-19/h2-12H,1H3,(H,22,24)(H,23,25). The maximum Gasteiger partial charge on any atom is 0.291 e. The molecule has 2 amide bonds. The summed E-state index contributed by atoms with van der Waals surface area (Å²) in [6.07, 6.45) is 1.43. The number of benzene rings is 2. The van der Waals surface area contributed by atoms with Crippen molar-refractivity contribution in [1.82, 2.24) is 0 Å². The van der Waals surface area contributed by atoms with Crippen LogP contribution in [0.4, 0.5) is 11.4 Å². The van der Waals surface area contributed by atoms with E-state index < -0.39 is 0 Å². The lowest BCUT2D eigenvalue weighted by Crippen LogP contribution is -2.14. The molecular weight excluding hydrogens is 344 g/mol. The van der Waals surface area contributed by atoms with Gasteiger partial charge in [-0.25, -0.2) is 0 Å². The number of carbonyl (C=O) groups is 2. The van der Waals surface area contributed by atoms with Crippen molar-refractivity contribution in [3.63, 3.8) is 0 Å². The minimum atomic E-state index is -0.363. The molecule has 4 rings (SSSR count). The fourth-order valence-electron chi connectivity index (χ4n) is 2.71. The summed E-state index contributed by atoms with van der Waals surface area (Å²) in [5.41, 5.74) is 2.63. The summed E-state index contributed by atoms with van der Waals surface area (Å²) in [4.78, 5) is 24.7. The lowest BCUT2D eigenvalue weighted by molar-refractivity contribution is 0.0991. The third kappa shape index (κ3) is 3.46. The van der Waals surface area contributed by atoms with E-state index in [-0.39, 0.29) is 23.3 Å². The minimum absolute atomic E-state index is 0.212. The molecule has 2 N–H and O–H groups in total. The molecule has 2 aromatic carbocycles. The molecule has 0 aliphatic carbocycles. The second-order valence-corrected chi connectivity index (χ2v) is 6.06. The van der Waals surface area contributed by atoms with Crippen molar-refractivity contribution in [2.24, 2.45) is 0 Å². The number of hydrogen-bond acceptors (Lipinski definition) is 4. The summed E-state index contributed by atoms with van der Waals surface area (Å²) >= 11 is 0. The normalized spacial score (nSPS) is 10.7. The van der Waals surface area contributed by atoms with Gasteiger partial charge in [0.1, 0.15) is 5.58 Å². The first-order valence-electron chi connectivity index (χ1n) is 8.35. The Hall–Kier alpha value is -3.80. The molecule has 0 fully saturated rings. The number of rotatable bonds is 4. The van der Waals surface area contributed by atoms with Gasteiger partial charge in [-0.05, 0) is 48.9 Å². The molecular formula is C21H16N2O4. The average Bonchev–Trinajstić information content (AvgIpc) is 3.34. The molecule has 2 heterocycles. The number of aryl methyl sites for hydroxylation is 1. The second kappa shape index (κ2) is 6.84. The predicted octanol–water partition coefficient (Wildman–Crippen LogP) is 4.84. The number of nitrogens with one attached hydrogen (secondary N) is 2. The summed E-state index contributed by atoms with van der Waals surface area (Å²) in [6.45, 7) is 1.87. The molecule has 4 aromatic rings. The van der Waals surface area contributed by atoms with Crippen molar-refractivity contribution in [3.8, 4) is 0 Å². The maximum atomic E-state index is 12.5. The van der Waals surface area contributed by atoms with Crippen LogP contribution < -0.4 is 10.6 Å². The van der Waals surface area contributed by atoms with Crippen LogP contribution in [0.5, 0.6) is 0 Å². The third-order valence-electron chi connectivity index (χ3n) is 4.14. The largest absolute Gasteiger partial charge is 0.459 e. The predicted molar refractivity (Wildman–Crippen MR) is 102 cm³/mol. The first-order chi connectivity index (χ1) is 13.1. The molecule has 0 aliphatic heterocycles. The number of amides is 2. The molecule has 0 radical (unpaired) electrons. The van der Waals surface area contributed by atoms with Gasteiger partial charge in [0.2, 0.25) is 0 Å². The van der Waals surface area contributed by atoms with Crippen LogP contribution in [-0.2, 0) is 0 Å². The molecule has 0 unspecified atom stereocenters. The SMILES string of the molecule is Cc1ccc(NC(=O)c2ccco2)cc1NC(=O)c1cc2ccccc2o1. The number of furan rings is 2. The molecule has 0 atom stereocenters. The Morgan fingerprint density at radius 1 is 0.852 bits per heavy atom. The average molecular weight is 360 g/mol. The van der Waals surface area contributed by atoms with Gasteiger partial charge in [-0.3, -0.25) is 9.59 Å². The highest BCUT2D eigenvalue weighted by atomic mass is 16.3. The highest BCUT2D eigenvalue weighted by molar-refractivity contribution is 6.06. The molecule has 0 saturated heterocycles. The van der Waals surface area contributed by atoms with E-state index in [9.17, 15) is 9.59 Å². The van der Waals surface area contributed by atoms with Crippen molar-refractivity contribution in [1.29, 1.82) is 0 Å². The zero-order chi connectivity index (χ0) is 18.8. The third-order valence-corrected chi connectivity index (χ3v) is 4.14. The molecule has 134 valence electrons. The minimum Gasteiger partial charge on any atom is -0.459 e. The van der Waals surface area contributed by atoms with E-state index >= 15 is 0 Å². The molecule has 6 nitrogen and oxygen atoms in total. The van der Waals surface area contributed by atoms with Crippen LogP contribution in [0.2, 0.25) is 0 Å². The summed E-state index contributed by atoms with van der Waals surface area (Å²) in [6, 6.07) is 17.6. The van der Waals surface area contributed by atoms with E-state index in [4.69, 9.17) is 8.83 Å². The zero-order valence-corrected chi connectivity index (χ0v) is 14.5. The fourth-order valence-corrected chi connectivity index (χ4v) is 2.71. The van der Waals surface area contributed by atoms with Gasteiger partial charge in [-0.1, -0.05) is 24.3 Å². The van der Waals surface area contributed by atoms with Gasteiger partial charge in [-0.2, -0.15) is 0 Å². The summed E-state index contributed by atoms with van der Waals surface area (Å²) < 4.78 is 10.7. The zero-order valence-electron chi connectivity index (χ0n) is 14.5. The van der Waals surface area contributed by atoms with Gasteiger partial charge in [-0.15, -0.1) is 0 Å². The van der Waals surface area contributed by atoms with Gasteiger partial charge in [0.05, 0.1) is 6.26 Å². The second-order valence-electron chi connectivity index (χ2n) is 6.06. The van der Waals surface area contributed by atoms with Crippen LogP contribution in [0.1, 0.15) is 26.7 Å².